The topological polar surface area (TPSA) is 102 Å². The first kappa shape index (κ1) is 29.3. The third kappa shape index (κ3) is 6.18. The molecule has 3 aromatic rings. The number of imidazole rings is 1. The van der Waals surface area contributed by atoms with Gasteiger partial charge in [-0.2, -0.15) is 0 Å². The summed E-state index contributed by atoms with van der Waals surface area (Å²) in [6, 6.07) is 9.17. The minimum atomic E-state index is -0.527. The number of carbonyl (C=O) groups is 2. The van der Waals surface area contributed by atoms with E-state index in [1.807, 2.05) is 40.9 Å². The van der Waals surface area contributed by atoms with Crippen LogP contribution in [0.3, 0.4) is 0 Å². The fourth-order valence-corrected chi connectivity index (χ4v) is 6.65. The van der Waals surface area contributed by atoms with Gasteiger partial charge in [-0.1, -0.05) is 23.7 Å². The van der Waals surface area contributed by atoms with Gasteiger partial charge in [0.05, 0.1) is 36.0 Å². The van der Waals surface area contributed by atoms with Crippen LogP contribution < -0.4 is 5.32 Å². The molecule has 6 rings (SSSR count). The van der Waals surface area contributed by atoms with E-state index in [0.717, 1.165) is 59.3 Å². The summed E-state index contributed by atoms with van der Waals surface area (Å²) in [5.74, 6) is -0.244. The van der Waals surface area contributed by atoms with Crippen LogP contribution in [0, 0.1) is 0 Å². The fraction of sp³-hybridized carbons (Fsp3) is 0.438. The Morgan fingerprint density at radius 2 is 1.93 bits per heavy atom. The number of carbonyl (C=O) groups excluding carboxylic acids is 2. The lowest BCUT2D eigenvalue weighted by Gasteiger charge is -2.39. The van der Waals surface area contributed by atoms with Gasteiger partial charge in [-0.3, -0.25) is 14.7 Å². The van der Waals surface area contributed by atoms with Gasteiger partial charge in [-0.25, -0.2) is 9.78 Å². The number of pyridine rings is 1. The van der Waals surface area contributed by atoms with Crippen LogP contribution in [0.5, 0.6) is 0 Å². The Labute approximate surface area is 256 Å². The highest BCUT2D eigenvalue weighted by molar-refractivity contribution is 6.30. The Morgan fingerprint density at radius 3 is 2.65 bits per heavy atom. The fourth-order valence-electron chi connectivity index (χ4n) is 6.47. The quantitative estimate of drug-likeness (QED) is 0.420. The smallest absolute Gasteiger partial charge is 0.410 e. The molecule has 1 aromatic carbocycles. The van der Waals surface area contributed by atoms with E-state index in [1.54, 1.807) is 12.5 Å². The molecule has 0 bridgehead atoms. The van der Waals surface area contributed by atoms with E-state index in [4.69, 9.17) is 26.1 Å². The summed E-state index contributed by atoms with van der Waals surface area (Å²) >= 11 is 6.64. The van der Waals surface area contributed by atoms with Crippen molar-refractivity contribution in [2.75, 3.05) is 39.9 Å². The normalized spacial score (nSPS) is 19.7. The van der Waals surface area contributed by atoms with Crippen LogP contribution in [-0.4, -0.2) is 82.3 Å². The number of hydrogen-bond donors (Lipinski definition) is 1. The Kier molecular flexibility index (Phi) is 8.78. The van der Waals surface area contributed by atoms with Gasteiger partial charge in [-0.15, -0.1) is 0 Å². The number of nitrogens with zero attached hydrogens (tertiary/aromatic N) is 5. The molecular formula is C32H37ClN6O4. The molecular weight excluding hydrogens is 568 g/mol. The lowest BCUT2D eigenvalue weighted by molar-refractivity contribution is -0.125. The third-order valence-electron chi connectivity index (χ3n) is 8.61. The summed E-state index contributed by atoms with van der Waals surface area (Å²) < 4.78 is 12.8. The first-order chi connectivity index (χ1) is 20.9. The maximum Gasteiger partial charge on any atom is 0.410 e. The maximum atomic E-state index is 12.9. The summed E-state index contributed by atoms with van der Waals surface area (Å²) in [5.41, 5.74) is 5.51. The molecule has 1 N–H and O–H groups in total. The van der Waals surface area contributed by atoms with Crippen LogP contribution in [0.15, 0.2) is 49.1 Å². The van der Waals surface area contributed by atoms with E-state index in [-0.39, 0.29) is 30.8 Å². The molecule has 2 atom stereocenters. The number of ether oxygens (including phenoxy) is 2. The molecule has 10 nitrogen and oxygen atoms in total. The van der Waals surface area contributed by atoms with Crippen LogP contribution in [0.25, 0.3) is 11.6 Å². The SMILES string of the molecule is COCC(=O)NC(C1=Cc2cccnc2C(N2CCN(C(=O)OC3CCCC3)CC2)c2ccc(Cl)cc21)c1cncn1C. The van der Waals surface area contributed by atoms with Crippen molar-refractivity contribution in [1.29, 1.82) is 0 Å². The van der Waals surface area contributed by atoms with Crippen molar-refractivity contribution in [3.05, 3.63) is 82.2 Å². The number of methoxy groups -OCH3 is 1. The first-order valence-electron chi connectivity index (χ1n) is 14.8. The molecule has 0 spiro atoms. The molecule has 43 heavy (non-hydrogen) atoms. The van der Waals surface area contributed by atoms with E-state index < -0.39 is 6.04 Å². The molecule has 1 saturated heterocycles. The van der Waals surface area contributed by atoms with Gasteiger partial charge in [0.2, 0.25) is 5.91 Å². The predicted octanol–water partition coefficient (Wildman–Crippen LogP) is 4.61. The monoisotopic (exact) mass is 604 g/mol. The molecule has 3 heterocycles. The lowest BCUT2D eigenvalue weighted by atomic mass is 9.89. The summed E-state index contributed by atoms with van der Waals surface area (Å²) in [6.45, 7) is 2.38. The van der Waals surface area contributed by atoms with E-state index in [1.165, 1.54) is 7.11 Å². The minimum absolute atomic E-state index is 0.0429. The Bertz CT molecular complexity index is 1510. The lowest BCUT2D eigenvalue weighted by Crippen LogP contribution is -2.50. The van der Waals surface area contributed by atoms with Gasteiger partial charge < -0.3 is 24.3 Å². The zero-order valence-corrected chi connectivity index (χ0v) is 25.3. The average molecular weight is 605 g/mol. The zero-order chi connectivity index (χ0) is 29.9. The Hall–Kier alpha value is -3.73. The van der Waals surface area contributed by atoms with Crippen molar-refractivity contribution < 1.29 is 19.1 Å². The number of aryl methyl sites for hydroxylation is 1. The number of nitrogens with one attached hydrogen (secondary N) is 1. The standard InChI is InChI=1S/C32H37ClN6O4/c1-37-20-34-18-27(37)30(36-28(40)19-42-2)26-16-21-6-5-11-35-29(21)31(24-10-9-22(33)17-25(24)26)38-12-14-39(15-13-38)32(41)43-23-7-3-4-8-23/h5-6,9-11,16-18,20,23,30-31H,3-4,7-8,12-15,19H2,1-2H3,(H,36,40). The van der Waals surface area contributed by atoms with Gasteiger partial charge in [0, 0.05) is 51.6 Å². The number of piperazine rings is 1. The van der Waals surface area contributed by atoms with Gasteiger partial charge >= 0.3 is 6.09 Å². The van der Waals surface area contributed by atoms with E-state index in [0.29, 0.717) is 31.2 Å². The predicted molar refractivity (Wildman–Crippen MR) is 163 cm³/mol. The number of amides is 2. The number of rotatable bonds is 7. The van der Waals surface area contributed by atoms with Crippen molar-refractivity contribution >= 4 is 35.3 Å². The van der Waals surface area contributed by atoms with Gasteiger partial charge in [-0.05, 0) is 72.2 Å². The molecule has 2 amide bonds. The third-order valence-corrected chi connectivity index (χ3v) is 8.85. The molecule has 3 aliphatic rings. The molecule has 0 radical (unpaired) electrons. The Morgan fingerprint density at radius 1 is 1.14 bits per heavy atom. The van der Waals surface area contributed by atoms with Crippen molar-refractivity contribution in [3.8, 4) is 0 Å². The summed E-state index contributed by atoms with van der Waals surface area (Å²) in [4.78, 5) is 39.3. The van der Waals surface area contributed by atoms with E-state index in [2.05, 4.69) is 33.4 Å². The molecule has 2 unspecified atom stereocenters. The molecule has 2 fully saturated rings. The number of fused-ring (bicyclic) bond motifs is 2. The average Bonchev–Trinajstić information content (AvgIpc) is 3.65. The largest absolute Gasteiger partial charge is 0.446 e. The zero-order valence-electron chi connectivity index (χ0n) is 24.5. The minimum Gasteiger partial charge on any atom is -0.446 e. The summed E-state index contributed by atoms with van der Waals surface area (Å²) in [6.07, 6.45) is 11.4. The van der Waals surface area contributed by atoms with Gasteiger partial charge in [0.15, 0.2) is 0 Å². The maximum absolute atomic E-state index is 12.9. The van der Waals surface area contributed by atoms with E-state index in [9.17, 15) is 9.59 Å². The molecule has 2 aromatic heterocycles. The Balaban J connectivity index is 1.37. The van der Waals surface area contributed by atoms with E-state index >= 15 is 0 Å². The first-order valence-corrected chi connectivity index (χ1v) is 15.2. The van der Waals surface area contributed by atoms with Crippen LogP contribution in [0.4, 0.5) is 4.79 Å². The molecule has 226 valence electrons. The summed E-state index contributed by atoms with van der Waals surface area (Å²) in [7, 11) is 3.41. The van der Waals surface area contributed by atoms with Crippen LogP contribution in [0.2, 0.25) is 5.02 Å². The molecule has 2 aliphatic carbocycles. The van der Waals surface area contributed by atoms with Crippen molar-refractivity contribution in [3.63, 3.8) is 0 Å². The second-order valence-electron chi connectivity index (χ2n) is 11.4. The van der Waals surface area contributed by atoms with Crippen LogP contribution in [-0.2, 0) is 21.3 Å². The van der Waals surface area contributed by atoms with Gasteiger partial charge in [0.25, 0.3) is 0 Å². The molecule has 1 saturated carbocycles. The summed E-state index contributed by atoms with van der Waals surface area (Å²) in [5, 5.41) is 3.76. The van der Waals surface area contributed by atoms with Gasteiger partial charge in [0.1, 0.15) is 12.7 Å². The highest BCUT2D eigenvalue weighted by Crippen LogP contribution is 2.44. The number of halogens is 1. The van der Waals surface area contributed by atoms with Crippen LogP contribution in [0.1, 0.15) is 65.8 Å². The van der Waals surface area contributed by atoms with Crippen molar-refractivity contribution in [2.24, 2.45) is 7.05 Å². The molecule has 11 heteroatoms. The second-order valence-corrected chi connectivity index (χ2v) is 11.8. The highest BCUT2D eigenvalue weighted by Gasteiger charge is 2.36. The molecule has 1 aliphatic heterocycles. The number of hydrogen-bond acceptors (Lipinski definition) is 7. The van der Waals surface area contributed by atoms with Crippen molar-refractivity contribution in [2.45, 2.75) is 43.9 Å². The second kappa shape index (κ2) is 12.9. The van der Waals surface area contributed by atoms with Crippen molar-refractivity contribution in [1.82, 2.24) is 29.7 Å². The number of aromatic nitrogens is 3. The highest BCUT2D eigenvalue weighted by atomic mass is 35.5. The van der Waals surface area contributed by atoms with Crippen LogP contribution >= 0.6 is 11.6 Å². The number of benzene rings is 1.